The van der Waals surface area contributed by atoms with Crippen molar-refractivity contribution in [2.75, 3.05) is 12.3 Å². The predicted octanol–water partition coefficient (Wildman–Crippen LogP) is 1.42. The first-order chi connectivity index (χ1) is 6.83. The van der Waals surface area contributed by atoms with Gasteiger partial charge in [-0.2, -0.15) is 0 Å². The van der Waals surface area contributed by atoms with Crippen molar-refractivity contribution in [3.8, 4) is 0 Å². The summed E-state index contributed by atoms with van der Waals surface area (Å²) in [5.74, 6) is -0.320. The fourth-order valence-corrected chi connectivity index (χ4v) is 1.74. The second-order valence-electron chi connectivity index (χ2n) is 3.14. The second-order valence-corrected chi connectivity index (χ2v) is 7.42. The van der Waals surface area contributed by atoms with Crippen LogP contribution in [0.5, 0.6) is 0 Å². The molecule has 0 aliphatic carbocycles. The predicted molar refractivity (Wildman–Crippen MR) is 64.2 cm³/mol. The standard InChI is InChI=1S/C7H15N2O2S.2ClH.Pd/c1-7(2,12-4-3-8)5(9)6(10)11;;;/h5,9H,3-4,8H2,1-2H3,(H,10,11);2*1H;/q-1;;;+2/p-1. The quantitative estimate of drug-likeness (QED) is 0.436. The molecule has 0 heterocycles. The number of hydrogen-bond donors (Lipinski definition) is 2. The van der Waals surface area contributed by atoms with Gasteiger partial charge >= 0.3 is 35.0 Å². The molecule has 0 aromatic carbocycles. The number of aliphatic carboxylic acids is 1. The maximum atomic E-state index is 10.5. The summed E-state index contributed by atoms with van der Waals surface area (Å²) < 4.78 is -0.509. The van der Waals surface area contributed by atoms with Gasteiger partial charge in [0.25, 0.3) is 5.97 Å². The molecule has 4 N–H and O–H groups in total. The Bertz CT molecular complexity index is 186. The molecule has 0 aliphatic heterocycles. The van der Waals surface area contributed by atoms with Gasteiger partial charge in [-0.1, -0.05) is 0 Å². The van der Waals surface area contributed by atoms with E-state index in [0.29, 0.717) is 6.54 Å². The van der Waals surface area contributed by atoms with Gasteiger partial charge in [-0.05, 0) is 25.6 Å². The third-order valence-electron chi connectivity index (χ3n) is 1.60. The number of nitrogens with two attached hydrogens (primary N) is 1. The number of carboxylic acids is 1. The van der Waals surface area contributed by atoms with Crippen LogP contribution < -0.4 is 5.73 Å². The van der Waals surface area contributed by atoms with Crippen molar-refractivity contribution in [2.45, 2.75) is 24.6 Å². The Labute approximate surface area is 111 Å². The van der Waals surface area contributed by atoms with Crippen LogP contribution in [0.15, 0.2) is 0 Å². The first-order valence-corrected chi connectivity index (χ1v) is 9.06. The van der Waals surface area contributed by atoms with Crippen LogP contribution >= 0.6 is 19.1 Å². The van der Waals surface area contributed by atoms with Crippen LogP contribution in [0.25, 0.3) is 5.73 Å². The van der Waals surface area contributed by atoms with E-state index in [-0.39, 0.29) is 15.9 Å². The van der Waals surface area contributed by atoms with Crippen LogP contribution in [0.2, 0.25) is 0 Å². The van der Waals surface area contributed by atoms with Crippen molar-refractivity contribution < 1.29 is 25.8 Å². The van der Waals surface area contributed by atoms with E-state index < -0.39 is 16.8 Å². The zero-order chi connectivity index (χ0) is 12.5. The van der Waals surface area contributed by atoms with E-state index in [9.17, 15) is 4.79 Å². The van der Waals surface area contributed by atoms with E-state index in [2.05, 4.69) is 0 Å². The molecule has 1 unspecified atom stereocenters. The molecular weight excluding hydrogens is 353 g/mol. The molecule has 0 spiro atoms. The summed E-state index contributed by atoms with van der Waals surface area (Å²) in [6.07, 6.45) is 0. The van der Waals surface area contributed by atoms with Gasteiger partial charge in [0.1, 0.15) is 10.5 Å². The Balaban J connectivity index is 0. The molecular formula is C7H16Cl2N2O2PdS. The molecule has 0 saturated heterocycles. The van der Waals surface area contributed by atoms with Crippen molar-refractivity contribution in [2.24, 2.45) is 5.73 Å². The summed E-state index contributed by atoms with van der Waals surface area (Å²) in [7, 11) is 9.63. The van der Waals surface area contributed by atoms with Crippen LogP contribution in [-0.4, -0.2) is 34.2 Å². The van der Waals surface area contributed by atoms with Crippen molar-refractivity contribution in [3.63, 3.8) is 0 Å². The minimum atomic E-state index is -1.07. The molecule has 0 saturated carbocycles. The van der Waals surface area contributed by atoms with Crippen molar-refractivity contribution in [3.05, 3.63) is 5.73 Å². The SMILES string of the molecule is CC(C)([SH+]CCN)C([NH-])C(=O)O.[Cl][Pd][Cl]. The third-order valence-corrected chi connectivity index (χ3v) is 3.16. The number of thiol groups is 1. The number of nitrogens with one attached hydrogen (secondary N) is 1. The molecule has 0 radical (unpaired) electrons. The van der Waals surface area contributed by atoms with E-state index in [1.165, 1.54) is 0 Å². The monoisotopic (exact) mass is 368 g/mol. The molecule has 0 rings (SSSR count). The molecule has 4 nitrogen and oxygen atoms in total. The Morgan fingerprint density at radius 2 is 2.07 bits per heavy atom. The van der Waals surface area contributed by atoms with E-state index >= 15 is 0 Å². The first kappa shape index (κ1) is 18.4. The van der Waals surface area contributed by atoms with Gasteiger partial charge in [0.05, 0.1) is 0 Å². The summed E-state index contributed by atoms with van der Waals surface area (Å²) >= 11 is 0.825. The molecule has 0 bridgehead atoms. The number of halogens is 2. The van der Waals surface area contributed by atoms with Gasteiger partial charge in [-0.15, -0.1) is 0 Å². The summed E-state index contributed by atoms with van der Waals surface area (Å²) in [5, 5.41) is 8.59. The zero-order valence-corrected chi connectivity index (χ0v) is 12.4. The Morgan fingerprint density at radius 3 is 2.33 bits per heavy atom. The average Bonchev–Trinajstić information content (AvgIpc) is 2.14. The molecule has 0 aromatic heterocycles. The average molecular weight is 370 g/mol. The summed E-state index contributed by atoms with van der Waals surface area (Å²) in [4.78, 5) is 10.5. The van der Waals surface area contributed by atoms with Crippen LogP contribution in [0.3, 0.4) is 0 Å². The number of rotatable bonds is 5. The topological polar surface area (TPSA) is 87.1 Å². The van der Waals surface area contributed by atoms with Crippen LogP contribution in [0, 0.1) is 0 Å². The Kier molecular flexibility index (Phi) is 12.4. The normalized spacial score (nSPS) is 12.9. The molecule has 0 aromatic rings. The van der Waals surface area contributed by atoms with Crippen molar-refractivity contribution in [1.82, 2.24) is 0 Å². The second kappa shape index (κ2) is 10.2. The number of hydrogen-bond acceptors (Lipinski definition) is 2. The summed E-state index contributed by atoms with van der Waals surface area (Å²) in [5.41, 5.74) is 12.7. The Morgan fingerprint density at radius 1 is 1.67 bits per heavy atom. The van der Waals surface area contributed by atoms with Gasteiger partial charge in [-0.3, -0.25) is 4.79 Å². The van der Waals surface area contributed by atoms with E-state index in [4.69, 9.17) is 35.6 Å². The number of carboxylic acid groups (broad SMARTS) is 1. The van der Waals surface area contributed by atoms with Gasteiger partial charge in [0.15, 0.2) is 0 Å². The summed E-state index contributed by atoms with van der Waals surface area (Å²) in [6, 6.07) is -1.06. The van der Waals surface area contributed by atoms with Crippen LogP contribution in [0.4, 0.5) is 0 Å². The van der Waals surface area contributed by atoms with Crippen LogP contribution in [0.1, 0.15) is 13.8 Å². The Hall–Kier alpha value is 0.982. The third kappa shape index (κ3) is 9.89. The molecule has 0 fully saturated rings. The molecule has 96 valence electrons. The first-order valence-electron chi connectivity index (χ1n) is 3.98. The summed E-state index contributed by atoms with van der Waals surface area (Å²) in [6.45, 7) is 4.09. The minimum absolute atomic E-state index is 0.106. The van der Waals surface area contributed by atoms with E-state index in [0.717, 1.165) is 17.5 Å². The van der Waals surface area contributed by atoms with Crippen molar-refractivity contribution in [1.29, 1.82) is 0 Å². The fourth-order valence-electron chi connectivity index (χ4n) is 0.746. The van der Waals surface area contributed by atoms with Gasteiger partial charge in [0, 0.05) is 12.6 Å². The van der Waals surface area contributed by atoms with Gasteiger partial charge < -0.3 is 16.6 Å². The van der Waals surface area contributed by atoms with Crippen LogP contribution in [-0.2, 0) is 32.5 Å². The van der Waals surface area contributed by atoms with Crippen molar-refractivity contribution >= 4 is 36.8 Å². The van der Waals surface area contributed by atoms with E-state index in [1.54, 1.807) is 13.8 Å². The molecule has 8 heteroatoms. The molecule has 0 aliphatic rings. The number of carbonyl (C=O) groups is 1. The van der Waals surface area contributed by atoms with Gasteiger partial charge in [-0.25, -0.2) is 0 Å². The van der Waals surface area contributed by atoms with Gasteiger partial charge in [0.2, 0.25) is 0 Å². The molecule has 1 atom stereocenters. The molecule has 15 heavy (non-hydrogen) atoms. The fraction of sp³-hybridized carbons (Fsp3) is 0.857. The zero-order valence-electron chi connectivity index (χ0n) is 8.44. The maximum absolute atomic E-state index is 10.5. The molecule has 0 amide bonds. The van der Waals surface area contributed by atoms with E-state index in [1.807, 2.05) is 0 Å².